The van der Waals surface area contributed by atoms with E-state index in [2.05, 4.69) is 15.0 Å². The van der Waals surface area contributed by atoms with Crippen molar-refractivity contribution < 1.29 is 18.3 Å². The van der Waals surface area contributed by atoms with Crippen molar-refractivity contribution in [3.05, 3.63) is 64.2 Å². The summed E-state index contributed by atoms with van der Waals surface area (Å²) in [5.41, 5.74) is 7.28. The summed E-state index contributed by atoms with van der Waals surface area (Å²) in [5.74, 6) is -0.0883. The van der Waals surface area contributed by atoms with Gasteiger partial charge < -0.3 is 10.5 Å². The van der Waals surface area contributed by atoms with E-state index >= 15 is 0 Å². The Morgan fingerprint density at radius 2 is 2.07 bits per heavy atom. The first-order valence-electron chi connectivity index (χ1n) is 8.84. The molecule has 7 nitrogen and oxygen atoms in total. The van der Waals surface area contributed by atoms with Gasteiger partial charge in [0.1, 0.15) is 11.4 Å². The Hall–Kier alpha value is -3.40. The average Bonchev–Trinajstić information content (AvgIpc) is 3.37. The van der Waals surface area contributed by atoms with E-state index in [-0.39, 0.29) is 11.7 Å². The third-order valence-electron chi connectivity index (χ3n) is 4.89. The number of methoxy groups -OCH3 is 1. The number of ether oxygens (including phenoxy) is 1. The van der Waals surface area contributed by atoms with Crippen molar-refractivity contribution in [1.82, 2.24) is 14.9 Å². The first-order valence-corrected chi connectivity index (χ1v) is 9.78. The number of pyridine rings is 1. The number of aromatic nitrogens is 2. The highest BCUT2D eigenvalue weighted by Gasteiger charge is 2.51. The lowest BCUT2D eigenvalue weighted by Crippen LogP contribution is -2.41. The van der Waals surface area contributed by atoms with Crippen LogP contribution in [0.25, 0.3) is 11.3 Å². The van der Waals surface area contributed by atoms with Crippen molar-refractivity contribution in [1.29, 1.82) is 0 Å². The highest BCUT2D eigenvalue weighted by atomic mass is 32.1. The second-order valence-corrected chi connectivity index (χ2v) is 7.34. The predicted octanol–water partition coefficient (Wildman–Crippen LogP) is 3.18. The monoisotopic (exact) mass is 429 g/mol. The van der Waals surface area contributed by atoms with Gasteiger partial charge in [-0.25, -0.2) is 23.7 Å². The second-order valence-electron chi connectivity index (χ2n) is 6.62. The van der Waals surface area contributed by atoms with Crippen molar-refractivity contribution in [2.75, 3.05) is 14.2 Å². The number of thiazole rings is 1. The van der Waals surface area contributed by atoms with E-state index in [1.54, 1.807) is 23.7 Å². The van der Waals surface area contributed by atoms with Gasteiger partial charge in [-0.05, 0) is 35.9 Å². The fraction of sp³-hybridized carbons (Fsp3) is 0.200. The Balaban J connectivity index is 2.01. The summed E-state index contributed by atoms with van der Waals surface area (Å²) in [7, 11) is 2.97. The molecule has 10 heteroatoms. The Labute approximate surface area is 174 Å². The SMILES string of the molecule is COc1cc(-c2cscn2)cc(C2(c3cccc(C(F)F)n3)N=C(N)N(C)C2=O)c1. The van der Waals surface area contributed by atoms with Gasteiger partial charge in [0.25, 0.3) is 12.3 Å². The minimum absolute atomic E-state index is 0.0396. The van der Waals surface area contributed by atoms with Crippen LogP contribution < -0.4 is 10.5 Å². The molecule has 0 saturated heterocycles. The van der Waals surface area contributed by atoms with Gasteiger partial charge >= 0.3 is 0 Å². The number of rotatable bonds is 5. The Morgan fingerprint density at radius 3 is 2.67 bits per heavy atom. The molecule has 1 unspecified atom stereocenters. The van der Waals surface area contributed by atoms with Gasteiger partial charge in [0.15, 0.2) is 5.96 Å². The van der Waals surface area contributed by atoms with Gasteiger partial charge in [-0.3, -0.25) is 9.69 Å². The maximum absolute atomic E-state index is 13.4. The number of nitrogens with two attached hydrogens (primary N) is 1. The van der Waals surface area contributed by atoms with Crippen LogP contribution in [0, 0.1) is 0 Å². The molecule has 2 aromatic heterocycles. The number of likely N-dealkylation sites (N-methyl/N-ethyl adjacent to an activating group) is 1. The number of nitrogens with zero attached hydrogens (tertiary/aromatic N) is 4. The van der Waals surface area contributed by atoms with Crippen molar-refractivity contribution in [2.45, 2.75) is 12.0 Å². The summed E-state index contributed by atoms with van der Waals surface area (Å²) < 4.78 is 32.1. The standard InChI is InChI=1S/C20H17F2N5O2S/c1-27-18(28)20(26-19(27)23,16-5-3-4-14(25-16)17(21)22)12-6-11(7-13(8-12)29-2)15-9-30-10-24-15/h3-10,17H,1-2H3,(H2,23,26). The zero-order valence-electron chi connectivity index (χ0n) is 16.0. The van der Waals surface area contributed by atoms with Gasteiger partial charge in [-0.15, -0.1) is 11.3 Å². The van der Waals surface area contributed by atoms with Crippen molar-refractivity contribution in [2.24, 2.45) is 10.7 Å². The van der Waals surface area contributed by atoms with Crippen LogP contribution in [-0.4, -0.2) is 40.9 Å². The van der Waals surface area contributed by atoms with Gasteiger partial charge in [-0.1, -0.05) is 6.07 Å². The first kappa shape index (κ1) is 19.9. The molecule has 0 fully saturated rings. The van der Waals surface area contributed by atoms with Crippen LogP contribution in [0.3, 0.4) is 0 Å². The van der Waals surface area contributed by atoms with E-state index in [4.69, 9.17) is 10.5 Å². The van der Waals surface area contributed by atoms with Crippen LogP contribution >= 0.6 is 11.3 Å². The molecule has 1 amide bonds. The molecule has 1 aliphatic rings. The molecular formula is C20H17F2N5O2S. The molecule has 0 bridgehead atoms. The summed E-state index contributed by atoms with van der Waals surface area (Å²) in [6.07, 6.45) is -2.80. The molecule has 0 spiro atoms. The maximum atomic E-state index is 13.4. The summed E-state index contributed by atoms with van der Waals surface area (Å²) >= 11 is 1.42. The smallest absolute Gasteiger partial charge is 0.280 e. The molecule has 0 saturated carbocycles. The van der Waals surface area contributed by atoms with Crippen LogP contribution in [0.4, 0.5) is 8.78 Å². The highest BCUT2D eigenvalue weighted by Crippen LogP contribution is 2.41. The van der Waals surface area contributed by atoms with E-state index in [1.165, 1.54) is 48.6 Å². The van der Waals surface area contributed by atoms with Gasteiger partial charge in [0.2, 0.25) is 5.54 Å². The number of carbonyl (C=O) groups excluding carboxylic acids is 1. The summed E-state index contributed by atoms with van der Waals surface area (Å²) in [4.78, 5) is 27.3. The van der Waals surface area contributed by atoms with Gasteiger partial charge in [-0.2, -0.15) is 0 Å². The number of carbonyl (C=O) groups is 1. The van der Waals surface area contributed by atoms with E-state index in [1.807, 2.05) is 5.38 Å². The zero-order valence-corrected chi connectivity index (χ0v) is 16.9. The van der Waals surface area contributed by atoms with E-state index in [0.717, 1.165) is 0 Å². The quantitative estimate of drug-likeness (QED) is 0.672. The summed E-state index contributed by atoms with van der Waals surface area (Å²) in [6, 6.07) is 9.23. The number of hydrogen-bond acceptors (Lipinski definition) is 7. The number of alkyl halides is 2. The molecule has 1 aliphatic heterocycles. The maximum Gasteiger partial charge on any atom is 0.280 e. The zero-order chi connectivity index (χ0) is 21.5. The lowest BCUT2D eigenvalue weighted by molar-refractivity contribution is -0.129. The number of benzene rings is 1. The first-order chi connectivity index (χ1) is 14.4. The van der Waals surface area contributed by atoms with Crippen LogP contribution in [0.15, 0.2) is 52.3 Å². The summed E-state index contributed by atoms with van der Waals surface area (Å²) in [5, 5.41) is 1.85. The molecule has 0 aliphatic carbocycles. The Kier molecular flexibility index (Phi) is 4.94. The number of guanidine groups is 1. The molecular weight excluding hydrogens is 412 g/mol. The van der Waals surface area contributed by atoms with E-state index in [0.29, 0.717) is 22.6 Å². The number of halogens is 2. The Bertz CT molecular complexity index is 1140. The normalized spacial score (nSPS) is 18.8. The molecule has 154 valence electrons. The van der Waals surface area contributed by atoms with Crippen molar-refractivity contribution in [3.63, 3.8) is 0 Å². The van der Waals surface area contributed by atoms with Crippen LogP contribution in [0.5, 0.6) is 5.75 Å². The van der Waals surface area contributed by atoms with Gasteiger partial charge in [0.05, 0.1) is 24.0 Å². The average molecular weight is 429 g/mol. The molecule has 3 heterocycles. The Morgan fingerprint density at radius 1 is 1.27 bits per heavy atom. The summed E-state index contributed by atoms with van der Waals surface area (Å²) in [6.45, 7) is 0. The predicted molar refractivity (Wildman–Crippen MR) is 108 cm³/mol. The second kappa shape index (κ2) is 7.45. The third-order valence-corrected chi connectivity index (χ3v) is 5.48. The largest absolute Gasteiger partial charge is 0.497 e. The molecule has 2 N–H and O–H groups in total. The lowest BCUT2D eigenvalue weighted by atomic mass is 9.84. The van der Waals surface area contributed by atoms with Crippen LogP contribution in [0.1, 0.15) is 23.4 Å². The minimum atomic E-state index is -2.80. The lowest BCUT2D eigenvalue weighted by Gasteiger charge is -2.26. The van der Waals surface area contributed by atoms with Crippen LogP contribution in [0.2, 0.25) is 0 Å². The molecule has 3 aromatic rings. The van der Waals surface area contributed by atoms with E-state index < -0.39 is 23.6 Å². The molecule has 1 aromatic carbocycles. The molecule has 1 atom stereocenters. The van der Waals surface area contributed by atoms with Crippen LogP contribution in [-0.2, 0) is 10.3 Å². The number of amides is 1. The van der Waals surface area contributed by atoms with Crippen molar-refractivity contribution in [3.8, 4) is 17.0 Å². The van der Waals surface area contributed by atoms with Crippen molar-refractivity contribution >= 4 is 23.2 Å². The fourth-order valence-electron chi connectivity index (χ4n) is 3.35. The fourth-order valence-corrected chi connectivity index (χ4v) is 3.91. The minimum Gasteiger partial charge on any atom is -0.497 e. The molecule has 4 rings (SSSR count). The third kappa shape index (κ3) is 3.09. The van der Waals surface area contributed by atoms with E-state index in [9.17, 15) is 13.6 Å². The molecule has 0 radical (unpaired) electrons. The number of aliphatic imine (C=N–C) groups is 1. The number of hydrogen-bond donors (Lipinski definition) is 1. The molecule has 30 heavy (non-hydrogen) atoms. The topological polar surface area (TPSA) is 93.7 Å². The van der Waals surface area contributed by atoms with Gasteiger partial charge in [0, 0.05) is 18.0 Å². The highest BCUT2D eigenvalue weighted by molar-refractivity contribution is 7.07.